The summed E-state index contributed by atoms with van der Waals surface area (Å²) in [7, 11) is 1.50. The molecule has 2 aromatic carbocycles. The summed E-state index contributed by atoms with van der Waals surface area (Å²) in [4.78, 5) is 17.4. The van der Waals surface area contributed by atoms with Crippen LogP contribution in [0.1, 0.15) is 21.6 Å². The second-order valence-corrected chi connectivity index (χ2v) is 7.88. The second kappa shape index (κ2) is 8.46. The average Bonchev–Trinajstić information content (AvgIpc) is 3.24. The number of aromatic nitrogens is 3. The number of benzene rings is 2. The molecule has 1 amide bonds. The molecular weight excluding hydrogens is 423 g/mol. The molecule has 2 aromatic heterocycles. The van der Waals surface area contributed by atoms with Gasteiger partial charge in [0.2, 0.25) is 5.88 Å². The monoisotopic (exact) mass is 444 g/mol. The first-order valence-electron chi connectivity index (χ1n) is 10.5. The van der Waals surface area contributed by atoms with Gasteiger partial charge in [-0.1, -0.05) is 18.2 Å². The van der Waals surface area contributed by atoms with Crippen molar-refractivity contribution in [2.75, 3.05) is 13.7 Å². The van der Waals surface area contributed by atoms with Crippen LogP contribution in [0.25, 0.3) is 22.2 Å². The predicted molar refractivity (Wildman–Crippen MR) is 121 cm³/mol. The van der Waals surface area contributed by atoms with Gasteiger partial charge in [0.25, 0.3) is 5.91 Å². The van der Waals surface area contributed by atoms with Crippen LogP contribution in [-0.2, 0) is 6.42 Å². The van der Waals surface area contributed by atoms with E-state index in [0.717, 1.165) is 22.2 Å². The van der Waals surface area contributed by atoms with Gasteiger partial charge < -0.3 is 14.8 Å². The quantitative estimate of drug-likeness (QED) is 0.503. The number of ether oxygens (including phenoxy) is 2. The SMILES string of the molecule is COc1ccc(-c2cc(F)cc3c2OC(CNC(=O)c2cc(C)nc4ccccc24)C3)nn1. The number of halogens is 1. The molecule has 3 heterocycles. The largest absolute Gasteiger partial charge is 0.487 e. The molecule has 1 aliphatic heterocycles. The van der Waals surface area contributed by atoms with Crippen LogP contribution in [-0.4, -0.2) is 40.8 Å². The zero-order valence-corrected chi connectivity index (χ0v) is 18.1. The lowest BCUT2D eigenvalue weighted by molar-refractivity contribution is 0.0935. The Morgan fingerprint density at radius 3 is 2.82 bits per heavy atom. The Bertz CT molecular complexity index is 1360. The lowest BCUT2D eigenvalue weighted by Gasteiger charge is -2.14. The minimum absolute atomic E-state index is 0.205. The average molecular weight is 444 g/mol. The van der Waals surface area contributed by atoms with Crippen molar-refractivity contribution in [2.45, 2.75) is 19.4 Å². The van der Waals surface area contributed by atoms with E-state index in [1.54, 1.807) is 18.2 Å². The van der Waals surface area contributed by atoms with E-state index >= 15 is 0 Å². The number of para-hydroxylation sites is 1. The van der Waals surface area contributed by atoms with Crippen LogP contribution >= 0.6 is 0 Å². The van der Waals surface area contributed by atoms with Gasteiger partial charge in [0.15, 0.2) is 0 Å². The number of pyridine rings is 1. The lowest BCUT2D eigenvalue weighted by Crippen LogP contribution is -2.34. The summed E-state index contributed by atoms with van der Waals surface area (Å²) in [6, 6.07) is 15.5. The Labute approximate surface area is 189 Å². The minimum Gasteiger partial charge on any atom is -0.487 e. The molecule has 1 aliphatic rings. The summed E-state index contributed by atoms with van der Waals surface area (Å²) >= 11 is 0. The third-order valence-electron chi connectivity index (χ3n) is 5.57. The fourth-order valence-corrected chi connectivity index (χ4v) is 4.07. The van der Waals surface area contributed by atoms with E-state index in [4.69, 9.17) is 9.47 Å². The van der Waals surface area contributed by atoms with Gasteiger partial charge in [-0.2, -0.15) is 0 Å². The number of nitrogens with one attached hydrogen (secondary N) is 1. The van der Waals surface area contributed by atoms with Crippen LogP contribution in [0, 0.1) is 12.7 Å². The van der Waals surface area contributed by atoms with Crippen LogP contribution in [0.2, 0.25) is 0 Å². The summed E-state index contributed by atoms with van der Waals surface area (Å²) in [5.41, 5.74) is 3.83. The van der Waals surface area contributed by atoms with Gasteiger partial charge in [-0.15, -0.1) is 10.2 Å². The molecule has 0 aliphatic carbocycles. The van der Waals surface area contributed by atoms with Crippen molar-refractivity contribution in [1.82, 2.24) is 20.5 Å². The van der Waals surface area contributed by atoms with Gasteiger partial charge >= 0.3 is 0 Å². The highest BCUT2D eigenvalue weighted by Gasteiger charge is 2.28. The Hall–Kier alpha value is -4.07. The predicted octanol–water partition coefficient (Wildman–Crippen LogP) is 3.88. The second-order valence-electron chi connectivity index (χ2n) is 7.88. The highest BCUT2D eigenvalue weighted by Crippen LogP contribution is 2.39. The van der Waals surface area contributed by atoms with Gasteiger partial charge in [0, 0.05) is 34.7 Å². The van der Waals surface area contributed by atoms with Crippen molar-refractivity contribution in [3.63, 3.8) is 0 Å². The van der Waals surface area contributed by atoms with E-state index in [1.807, 2.05) is 31.2 Å². The van der Waals surface area contributed by atoms with Crippen LogP contribution in [0.15, 0.2) is 54.6 Å². The molecule has 0 spiro atoms. The summed E-state index contributed by atoms with van der Waals surface area (Å²) < 4.78 is 25.4. The molecule has 0 bridgehead atoms. The first-order chi connectivity index (χ1) is 16.0. The molecular formula is C25H21FN4O3. The van der Waals surface area contributed by atoms with Crippen LogP contribution < -0.4 is 14.8 Å². The van der Waals surface area contributed by atoms with Crippen LogP contribution in [0.4, 0.5) is 4.39 Å². The fourth-order valence-electron chi connectivity index (χ4n) is 4.07. The lowest BCUT2D eigenvalue weighted by atomic mass is 10.0. The molecule has 0 saturated carbocycles. The molecule has 1 atom stereocenters. The number of rotatable bonds is 5. The Kier molecular flexibility index (Phi) is 5.34. The number of hydrogen-bond donors (Lipinski definition) is 1. The summed E-state index contributed by atoms with van der Waals surface area (Å²) in [5, 5.41) is 11.8. The Morgan fingerprint density at radius 2 is 2.03 bits per heavy atom. The molecule has 0 fully saturated rings. The molecule has 5 rings (SSSR count). The zero-order valence-electron chi connectivity index (χ0n) is 18.1. The maximum Gasteiger partial charge on any atom is 0.252 e. The van der Waals surface area contributed by atoms with Gasteiger partial charge in [-0.3, -0.25) is 9.78 Å². The number of amides is 1. The maximum absolute atomic E-state index is 14.3. The molecule has 0 radical (unpaired) electrons. The fraction of sp³-hybridized carbons (Fsp3) is 0.200. The molecule has 1 unspecified atom stereocenters. The van der Waals surface area contributed by atoms with Crippen molar-refractivity contribution >= 4 is 16.8 Å². The molecule has 166 valence electrons. The number of methoxy groups -OCH3 is 1. The Balaban J connectivity index is 1.34. The third kappa shape index (κ3) is 4.07. The minimum atomic E-state index is -0.381. The van der Waals surface area contributed by atoms with Crippen LogP contribution in [0.3, 0.4) is 0 Å². The van der Waals surface area contributed by atoms with Gasteiger partial charge in [0.05, 0.1) is 30.4 Å². The Morgan fingerprint density at radius 1 is 1.18 bits per heavy atom. The smallest absolute Gasteiger partial charge is 0.252 e. The summed E-state index contributed by atoms with van der Waals surface area (Å²) in [5.74, 6) is 0.338. The topological polar surface area (TPSA) is 86.2 Å². The van der Waals surface area contributed by atoms with E-state index in [9.17, 15) is 9.18 Å². The third-order valence-corrected chi connectivity index (χ3v) is 5.57. The maximum atomic E-state index is 14.3. The number of hydrogen-bond acceptors (Lipinski definition) is 6. The molecule has 0 saturated heterocycles. The van der Waals surface area contributed by atoms with Gasteiger partial charge in [-0.25, -0.2) is 4.39 Å². The summed E-state index contributed by atoms with van der Waals surface area (Å²) in [6.45, 7) is 2.14. The molecule has 4 aromatic rings. The molecule has 7 nitrogen and oxygen atoms in total. The number of carbonyl (C=O) groups is 1. The van der Waals surface area contributed by atoms with E-state index in [0.29, 0.717) is 34.9 Å². The number of fused-ring (bicyclic) bond motifs is 2. The number of nitrogens with zero attached hydrogens (tertiary/aromatic N) is 3. The number of carbonyl (C=O) groups excluding carboxylic acids is 1. The molecule has 1 N–H and O–H groups in total. The first kappa shape index (κ1) is 20.8. The first-order valence-corrected chi connectivity index (χ1v) is 10.5. The number of aryl methyl sites for hydroxylation is 1. The summed E-state index contributed by atoms with van der Waals surface area (Å²) in [6.07, 6.45) is 0.144. The molecule has 33 heavy (non-hydrogen) atoms. The van der Waals surface area contributed by atoms with E-state index < -0.39 is 0 Å². The van der Waals surface area contributed by atoms with Gasteiger partial charge in [-0.05, 0) is 37.3 Å². The van der Waals surface area contributed by atoms with Gasteiger partial charge in [0.1, 0.15) is 17.7 Å². The highest BCUT2D eigenvalue weighted by atomic mass is 19.1. The van der Waals surface area contributed by atoms with Crippen molar-refractivity contribution in [3.8, 4) is 22.9 Å². The molecule has 8 heteroatoms. The van der Waals surface area contributed by atoms with Crippen molar-refractivity contribution in [2.24, 2.45) is 0 Å². The van der Waals surface area contributed by atoms with Crippen molar-refractivity contribution in [3.05, 3.63) is 77.2 Å². The van der Waals surface area contributed by atoms with E-state index in [1.165, 1.54) is 19.2 Å². The van der Waals surface area contributed by atoms with Crippen molar-refractivity contribution in [1.29, 1.82) is 0 Å². The van der Waals surface area contributed by atoms with Crippen LogP contribution in [0.5, 0.6) is 11.6 Å². The van der Waals surface area contributed by atoms with E-state index in [-0.39, 0.29) is 24.4 Å². The highest BCUT2D eigenvalue weighted by molar-refractivity contribution is 6.06. The van der Waals surface area contributed by atoms with Crippen molar-refractivity contribution < 1.29 is 18.7 Å². The standard InChI is InChI=1S/C25H21FN4O3/c1-14-9-19(18-5-3-4-6-21(18)28-14)25(31)27-13-17-11-15-10-16(26)12-20(24(15)33-17)22-7-8-23(32-2)30-29-22/h3-10,12,17H,11,13H2,1-2H3,(H,27,31). The van der Waals surface area contributed by atoms with E-state index in [2.05, 4.69) is 20.5 Å². The zero-order chi connectivity index (χ0) is 22.9. The normalized spacial score (nSPS) is 14.6.